The molecule has 0 fully saturated rings. The first kappa shape index (κ1) is 26.2. The maximum Gasteiger partial charge on any atom is 0.0762 e. The highest BCUT2D eigenvalue weighted by Gasteiger charge is 2.06. The second-order valence-electron chi connectivity index (χ2n) is 10.8. The lowest BCUT2D eigenvalue weighted by atomic mass is 9.98. The Hall–Kier alpha value is -4.02. The van der Waals surface area contributed by atoms with Gasteiger partial charge in [-0.3, -0.25) is 0 Å². The van der Waals surface area contributed by atoms with Gasteiger partial charge in [0.15, 0.2) is 0 Å². The summed E-state index contributed by atoms with van der Waals surface area (Å²) in [6.45, 7) is 3.52. The van der Waals surface area contributed by atoms with Gasteiger partial charge in [0.05, 0.1) is 25.9 Å². The lowest BCUT2D eigenvalue weighted by molar-refractivity contribution is 0.107. The Labute approximate surface area is 235 Å². The third-order valence-electron chi connectivity index (χ3n) is 7.61. The minimum absolute atomic E-state index is 0.473. The van der Waals surface area contributed by atoms with Gasteiger partial charge in [0.2, 0.25) is 0 Å². The van der Waals surface area contributed by atoms with Gasteiger partial charge < -0.3 is 14.6 Å². The zero-order valence-corrected chi connectivity index (χ0v) is 23.1. The van der Waals surface area contributed by atoms with Crippen LogP contribution in [0.25, 0.3) is 32.3 Å². The minimum atomic E-state index is -0.473. The second kappa shape index (κ2) is 11.6. The van der Waals surface area contributed by atoms with Crippen LogP contribution >= 0.6 is 0 Å². The highest BCUT2D eigenvalue weighted by molar-refractivity contribution is 5.86. The van der Waals surface area contributed by atoms with Crippen LogP contribution in [-0.4, -0.2) is 12.2 Å². The molecule has 0 saturated carbocycles. The molecule has 6 aromatic rings. The van der Waals surface area contributed by atoms with Gasteiger partial charge in [-0.25, -0.2) is 0 Å². The maximum atomic E-state index is 9.92. The topological polar surface area (TPSA) is 38.7 Å². The molecule has 0 spiro atoms. The van der Waals surface area contributed by atoms with E-state index in [0.29, 0.717) is 19.8 Å². The van der Waals surface area contributed by atoms with E-state index in [1.165, 1.54) is 43.8 Å². The first-order valence-electron chi connectivity index (χ1n) is 13.8. The van der Waals surface area contributed by atoms with Crippen LogP contribution in [0.1, 0.15) is 46.4 Å². The average molecular weight is 527 g/mol. The molecule has 0 amide bonds. The molecule has 1 atom stereocenters. The third kappa shape index (κ3) is 5.93. The SMILES string of the molecule is COCc1ccc2ccc(Cc3ccc4ccc(COCc5ccc6ccc(C(C)O)cc6c5)cc4c3)cc2c1. The molecule has 3 heteroatoms. The van der Waals surface area contributed by atoms with Gasteiger partial charge in [0, 0.05) is 7.11 Å². The Balaban J connectivity index is 1.14. The molecule has 0 aliphatic heterocycles. The van der Waals surface area contributed by atoms with Gasteiger partial charge in [-0.05, 0) is 103 Å². The molecule has 0 aliphatic rings. The third-order valence-corrected chi connectivity index (χ3v) is 7.61. The van der Waals surface area contributed by atoms with Crippen molar-refractivity contribution in [3.63, 3.8) is 0 Å². The van der Waals surface area contributed by atoms with E-state index >= 15 is 0 Å². The molecule has 1 N–H and O–H groups in total. The molecule has 40 heavy (non-hydrogen) atoms. The molecule has 0 saturated heterocycles. The van der Waals surface area contributed by atoms with Gasteiger partial charge in [0.25, 0.3) is 0 Å². The average Bonchev–Trinajstić information content (AvgIpc) is 2.96. The van der Waals surface area contributed by atoms with E-state index in [0.717, 1.165) is 28.3 Å². The molecule has 0 radical (unpaired) electrons. The molecule has 0 aliphatic carbocycles. The second-order valence-corrected chi connectivity index (χ2v) is 10.8. The van der Waals surface area contributed by atoms with Crippen LogP contribution < -0.4 is 0 Å². The summed E-state index contributed by atoms with van der Waals surface area (Å²) in [4.78, 5) is 0. The van der Waals surface area contributed by atoms with E-state index < -0.39 is 6.10 Å². The van der Waals surface area contributed by atoms with E-state index in [4.69, 9.17) is 9.47 Å². The number of methoxy groups -OCH3 is 1. The Bertz CT molecular complexity index is 1800. The molecular formula is C37H34O3. The Kier molecular flexibility index (Phi) is 7.61. The van der Waals surface area contributed by atoms with Crippen molar-refractivity contribution in [2.75, 3.05) is 7.11 Å². The predicted molar refractivity (Wildman–Crippen MR) is 164 cm³/mol. The van der Waals surface area contributed by atoms with Crippen molar-refractivity contribution >= 4 is 32.3 Å². The van der Waals surface area contributed by atoms with Crippen molar-refractivity contribution in [2.45, 2.75) is 39.3 Å². The summed E-state index contributed by atoms with van der Waals surface area (Å²) >= 11 is 0. The van der Waals surface area contributed by atoms with Crippen LogP contribution in [0.2, 0.25) is 0 Å². The quantitative estimate of drug-likeness (QED) is 0.205. The number of hydrogen-bond donors (Lipinski definition) is 1. The van der Waals surface area contributed by atoms with Crippen molar-refractivity contribution in [1.82, 2.24) is 0 Å². The van der Waals surface area contributed by atoms with Gasteiger partial charge in [-0.2, -0.15) is 0 Å². The minimum Gasteiger partial charge on any atom is -0.389 e. The smallest absolute Gasteiger partial charge is 0.0762 e. The highest BCUT2D eigenvalue weighted by atomic mass is 16.5. The lowest BCUT2D eigenvalue weighted by Crippen LogP contribution is -1.95. The first-order chi connectivity index (χ1) is 19.5. The number of ether oxygens (including phenoxy) is 2. The molecule has 3 nitrogen and oxygen atoms in total. The van der Waals surface area contributed by atoms with Crippen molar-refractivity contribution in [3.8, 4) is 0 Å². The summed E-state index contributed by atoms with van der Waals surface area (Å²) in [7, 11) is 1.73. The summed E-state index contributed by atoms with van der Waals surface area (Å²) in [6, 6.07) is 39.0. The van der Waals surface area contributed by atoms with Crippen LogP contribution in [0.4, 0.5) is 0 Å². The Morgan fingerprint density at radius 2 is 0.900 bits per heavy atom. The van der Waals surface area contributed by atoms with Crippen molar-refractivity contribution in [3.05, 3.63) is 143 Å². The number of aliphatic hydroxyl groups is 1. The monoisotopic (exact) mass is 526 g/mol. The van der Waals surface area contributed by atoms with Gasteiger partial charge in [-0.1, -0.05) is 84.9 Å². The Morgan fingerprint density at radius 3 is 1.38 bits per heavy atom. The summed E-state index contributed by atoms with van der Waals surface area (Å²) in [5, 5.41) is 17.2. The first-order valence-corrected chi connectivity index (χ1v) is 13.8. The predicted octanol–water partition coefficient (Wildman–Crippen LogP) is 8.65. The van der Waals surface area contributed by atoms with Crippen molar-refractivity contribution in [2.24, 2.45) is 0 Å². The molecule has 6 aromatic carbocycles. The number of aliphatic hydroxyl groups excluding tert-OH is 1. The van der Waals surface area contributed by atoms with E-state index in [-0.39, 0.29) is 0 Å². The summed E-state index contributed by atoms with van der Waals surface area (Å²) in [6.07, 6.45) is 0.416. The van der Waals surface area contributed by atoms with Gasteiger partial charge >= 0.3 is 0 Å². The zero-order chi connectivity index (χ0) is 27.5. The van der Waals surface area contributed by atoms with Gasteiger partial charge in [-0.15, -0.1) is 0 Å². The van der Waals surface area contributed by atoms with E-state index in [1.54, 1.807) is 14.0 Å². The van der Waals surface area contributed by atoms with Crippen molar-refractivity contribution in [1.29, 1.82) is 0 Å². The van der Waals surface area contributed by atoms with Crippen LogP contribution in [0.15, 0.2) is 109 Å². The van der Waals surface area contributed by atoms with E-state index in [1.807, 2.05) is 6.07 Å². The molecule has 6 rings (SSSR count). The number of fused-ring (bicyclic) bond motifs is 3. The zero-order valence-electron chi connectivity index (χ0n) is 23.1. The normalized spacial score (nSPS) is 12.4. The highest BCUT2D eigenvalue weighted by Crippen LogP contribution is 2.25. The molecular weight excluding hydrogens is 492 g/mol. The maximum absolute atomic E-state index is 9.92. The molecule has 0 heterocycles. The standard InChI is InChI=1S/C37H34O3/c1-25(38)34-14-13-33-12-7-30(20-37(33)21-34)24-40-23-29-6-11-32-9-4-27(17-36(32)19-29)15-26-3-8-31-10-5-28(22-39-2)18-35(31)16-26/h3-14,16-21,25,38H,15,22-24H2,1-2H3. The molecule has 1 unspecified atom stereocenters. The summed E-state index contributed by atoms with van der Waals surface area (Å²) in [5.74, 6) is 0. The number of benzene rings is 6. The summed E-state index contributed by atoms with van der Waals surface area (Å²) < 4.78 is 11.4. The molecule has 200 valence electrons. The molecule has 0 bridgehead atoms. The van der Waals surface area contributed by atoms with Crippen LogP contribution in [-0.2, 0) is 35.7 Å². The van der Waals surface area contributed by atoms with Gasteiger partial charge in [0.1, 0.15) is 0 Å². The van der Waals surface area contributed by atoms with Crippen molar-refractivity contribution < 1.29 is 14.6 Å². The number of hydrogen-bond acceptors (Lipinski definition) is 3. The largest absolute Gasteiger partial charge is 0.389 e. The fraction of sp³-hybridized carbons (Fsp3) is 0.189. The Morgan fingerprint density at radius 1 is 0.500 bits per heavy atom. The number of rotatable bonds is 9. The van der Waals surface area contributed by atoms with Crippen LogP contribution in [0, 0.1) is 0 Å². The van der Waals surface area contributed by atoms with Crippen LogP contribution in [0.3, 0.4) is 0 Å². The van der Waals surface area contributed by atoms with E-state index in [2.05, 4.69) is 103 Å². The fourth-order valence-electron chi connectivity index (χ4n) is 5.44. The summed E-state index contributed by atoms with van der Waals surface area (Å²) in [5.41, 5.74) is 7.01. The molecule has 0 aromatic heterocycles. The fourth-order valence-corrected chi connectivity index (χ4v) is 5.44. The van der Waals surface area contributed by atoms with Crippen LogP contribution in [0.5, 0.6) is 0 Å². The lowest BCUT2D eigenvalue weighted by Gasteiger charge is -2.10. The van der Waals surface area contributed by atoms with E-state index in [9.17, 15) is 5.11 Å².